The van der Waals surface area contributed by atoms with Crippen LogP contribution < -0.4 is 5.32 Å². The van der Waals surface area contributed by atoms with Crippen LogP contribution in [0, 0.1) is 11.8 Å². The Balaban J connectivity index is 1.82. The lowest BCUT2D eigenvalue weighted by molar-refractivity contribution is 0.384. The fourth-order valence-corrected chi connectivity index (χ4v) is 3.54. The van der Waals surface area contributed by atoms with E-state index in [0.29, 0.717) is 11.8 Å². The van der Waals surface area contributed by atoms with E-state index in [1.165, 1.54) is 25.7 Å². The van der Waals surface area contributed by atoms with Crippen LogP contribution in [-0.2, 0) is 9.84 Å². The molecule has 2 rings (SSSR count). The maximum absolute atomic E-state index is 11.5. The predicted molar refractivity (Wildman–Crippen MR) is 66.2 cm³/mol. The molecule has 2 saturated carbocycles. The van der Waals surface area contributed by atoms with Crippen LogP contribution in [-0.4, -0.2) is 32.0 Å². The van der Waals surface area contributed by atoms with Crippen molar-refractivity contribution in [1.82, 2.24) is 5.32 Å². The molecule has 0 amide bonds. The van der Waals surface area contributed by atoms with Gasteiger partial charge in [-0.3, -0.25) is 0 Å². The lowest BCUT2D eigenvalue weighted by Crippen LogP contribution is -2.43. The van der Waals surface area contributed by atoms with Crippen molar-refractivity contribution in [2.45, 2.75) is 51.6 Å². The van der Waals surface area contributed by atoms with E-state index in [2.05, 4.69) is 5.32 Å². The first-order chi connectivity index (χ1) is 7.52. The Morgan fingerprint density at radius 1 is 1.19 bits per heavy atom. The molecule has 0 radical (unpaired) electrons. The summed E-state index contributed by atoms with van der Waals surface area (Å²) in [4.78, 5) is 0. The molecular formula is C12H23NO2S. The monoisotopic (exact) mass is 245 g/mol. The van der Waals surface area contributed by atoms with Crippen LogP contribution in [0.15, 0.2) is 0 Å². The minimum absolute atomic E-state index is 0.108. The zero-order valence-electron chi connectivity index (χ0n) is 10.3. The fraction of sp³-hybridized carbons (Fsp3) is 1.00. The van der Waals surface area contributed by atoms with E-state index < -0.39 is 9.84 Å². The third-order valence-corrected chi connectivity index (χ3v) is 5.57. The number of nitrogens with one attached hydrogen (secondary N) is 1. The molecule has 1 unspecified atom stereocenters. The molecule has 0 bridgehead atoms. The van der Waals surface area contributed by atoms with Gasteiger partial charge in [0, 0.05) is 17.8 Å². The standard InChI is InChI=1S/C12H23NO2S/c1-3-16(14,15)8-9(2)13-12(10-4-5-10)11-6-7-11/h9-13H,3-8H2,1-2H3. The molecule has 2 aliphatic carbocycles. The molecular weight excluding hydrogens is 222 g/mol. The molecule has 94 valence electrons. The van der Waals surface area contributed by atoms with Gasteiger partial charge in [0.15, 0.2) is 9.84 Å². The Labute approximate surface area is 98.9 Å². The van der Waals surface area contributed by atoms with E-state index in [4.69, 9.17) is 0 Å². The summed E-state index contributed by atoms with van der Waals surface area (Å²) in [7, 11) is -2.84. The summed E-state index contributed by atoms with van der Waals surface area (Å²) < 4.78 is 23.0. The highest BCUT2D eigenvalue weighted by atomic mass is 32.2. The number of hydrogen-bond donors (Lipinski definition) is 1. The van der Waals surface area contributed by atoms with E-state index >= 15 is 0 Å². The summed E-state index contributed by atoms with van der Waals surface area (Å²) in [5, 5.41) is 3.55. The first kappa shape index (κ1) is 12.4. The Kier molecular flexibility index (Phi) is 3.59. The minimum atomic E-state index is -2.84. The summed E-state index contributed by atoms with van der Waals surface area (Å²) in [6.45, 7) is 3.73. The van der Waals surface area contributed by atoms with E-state index in [9.17, 15) is 8.42 Å². The van der Waals surface area contributed by atoms with Crippen LogP contribution in [0.2, 0.25) is 0 Å². The van der Waals surface area contributed by atoms with Crippen molar-refractivity contribution >= 4 is 9.84 Å². The van der Waals surface area contributed by atoms with E-state index in [0.717, 1.165) is 11.8 Å². The lowest BCUT2D eigenvalue weighted by Gasteiger charge is -2.23. The van der Waals surface area contributed by atoms with Crippen molar-refractivity contribution in [3.63, 3.8) is 0 Å². The topological polar surface area (TPSA) is 46.2 Å². The van der Waals surface area contributed by atoms with Gasteiger partial charge in [0.1, 0.15) is 0 Å². The van der Waals surface area contributed by atoms with Gasteiger partial charge in [-0.1, -0.05) is 6.92 Å². The van der Waals surface area contributed by atoms with Crippen molar-refractivity contribution in [3.05, 3.63) is 0 Å². The number of sulfone groups is 1. The minimum Gasteiger partial charge on any atom is -0.310 e. The van der Waals surface area contributed by atoms with Crippen LogP contribution in [0.1, 0.15) is 39.5 Å². The molecule has 1 atom stereocenters. The number of rotatable bonds is 7. The summed E-state index contributed by atoms with van der Waals surface area (Å²) in [6.07, 6.45) is 5.34. The Morgan fingerprint density at radius 2 is 1.69 bits per heavy atom. The molecule has 0 spiro atoms. The first-order valence-electron chi connectivity index (χ1n) is 6.48. The van der Waals surface area contributed by atoms with Gasteiger partial charge in [0.2, 0.25) is 0 Å². The van der Waals surface area contributed by atoms with Gasteiger partial charge in [0.25, 0.3) is 0 Å². The average Bonchev–Trinajstić information content (AvgIpc) is 3.04. The van der Waals surface area contributed by atoms with Gasteiger partial charge in [-0.25, -0.2) is 8.42 Å². The molecule has 0 aromatic carbocycles. The van der Waals surface area contributed by atoms with Gasteiger partial charge in [-0.05, 0) is 44.4 Å². The van der Waals surface area contributed by atoms with E-state index in [1.807, 2.05) is 6.92 Å². The van der Waals surface area contributed by atoms with E-state index in [-0.39, 0.29) is 11.8 Å². The molecule has 0 aromatic heterocycles. The summed E-state index contributed by atoms with van der Waals surface area (Å²) in [6, 6.07) is 0.707. The highest BCUT2D eigenvalue weighted by Crippen LogP contribution is 2.44. The third-order valence-electron chi connectivity index (χ3n) is 3.68. The molecule has 4 heteroatoms. The molecule has 16 heavy (non-hydrogen) atoms. The van der Waals surface area contributed by atoms with Gasteiger partial charge >= 0.3 is 0 Å². The van der Waals surface area contributed by atoms with Crippen molar-refractivity contribution in [2.75, 3.05) is 11.5 Å². The molecule has 1 N–H and O–H groups in total. The van der Waals surface area contributed by atoms with Crippen LogP contribution >= 0.6 is 0 Å². The second-order valence-corrected chi connectivity index (χ2v) is 7.87. The maximum Gasteiger partial charge on any atom is 0.151 e. The largest absolute Gasteiger partial charge is 0.310 e. The van der Waals surface area contributed by atoms with E-state index in [1.54, 1.807) is 6.92 Å². The van der Waals surface area contributed by atoms with Crippen molar-refractivity contribution in [3.8, 4) is 0 Å². The van der Waals surface area contributed by atoms with Gasteiger partial charge in [-0.2, -0.15) is 0 Å². The van der Waals surface area contributed by atoms with Gasteiger partial charge in [-0.15, -0.1) is 0 Å². The highest BCUT2D eigenvalue weighted by Gasteiger charge is 2.41. The van der Waals surface area contributed by atoms with Gasteiger partial charge in [0.05, 0.1) is 5.75 Å². The smallest absolute Gasteiger partial charge is 0.151 e. The summed E-state index contributed by atoms with van der Waals surface area (Å²) in [5.41, 5.74) is 0. The summed E-state index contributed by atoms with van der Waals surface area (Å²) in [5.74, 6) is 2.22. The molecule has 3 nitrogen and oxygen atoms in total. The van der Waals surface area contributed by atoms with Gasteiger partial charge < -0.3 is 5.32 Å². The first-order valence-corrected chi connectivity index (χ1v) is 8.30. The predicted octanol–water partition coefficient (Wildman–Crippen LogP) is 1.59. The molecule has 2 fully saturated rings. The molecule has 0 heterocycles. The fourth-order valence-electron chi connectivity index (χ4n) is 2.44. The van der Waals surface area contributed by atoms with Crippen LogP contribution in [0.25, 0.3) is 0 Å². The number of hydrogen-bond acceptors (Lipinski definition) is 3. The van der Waals surface area contributed by atoms with Crippen LogP contribution in [0.5, 0.6) is 0 Å². The molecule has 0 aromatic rings. The van der Waals surface area contributed by atoms with Crippen molar-refractivity contribution in [1.29, 1.82) is 0 Å². The lowest BCUT2D eigenvalue weighted by atomic mass is 10.1. The van der Waals surface area contributed by atoms with Crippen molar-refractivity contribution in [2.24, 2.45) is 11.8 Å². The Hall–Kier alpha value is -0.0900. The zero-order chi connectivity index (χ0) is 11.8. The SMILES string of the molecule is CCS(=O)(=O)CC(C)NC(C1CC1)C1CC1. The Bertz CT molecular complexity index is 319. The third kappa shape index (κ3) is 3.45. The second kappa shape index (κ2) is 4.65. The molecule has 0 aliphatic heterocycles. The summed E-state index contributed by atoms with van der Waals surface area (Å²) >= 11 is 0. The molecule has 0 saturated heterocycles. The van der Waals surface area contributed by atoms with Crippen LogP contribution in [0.3, 0.4) is 0 Å². The van der Waals surface area contributed by atoms with Crippen LogP contribution in [0.4, 0.5) is 0 Å². The highest BCUT2D eigenvalue weighted by molar-refractivity contribution is 7.91. The maximum atomic E-state index is 11.5. The normalized spacial score (nSPS) is 23.7. The van der Waals surface area contributed by atoms with Crippen molar-refractivity contribution < 1.29 is 8.42 Å². The Morgan fingerprint density at radius 3 is 2.06 bits per heavy atom. The average molecular weight is 245 g/mol. The quantitative estimate of drug-likeness (QED) is 0.741. The second-order valence-electron chi connectivity index (χ2n) is 5.47. The zero-order valence-corrected chi connectivity index (χ0v) is 11.1. The molecule has 2 aliphatic rings.